The molecule has 0 unspecified atom stereocenters. The number of piperidine rings is 1. The Kier molecular flexibility index (Phi) is 11.0. The third-order valence-corrected chi connectivity index (χ3v) is 7.63. The number of fused-ring (bicyclic) bond motifs is 1. The Morgan fingerprint density at radius 2 is 1.84 bits per heavy atom. The normalized spacial score (nSPS) is 17.7. The number of carbonyl (C=O) groups is 5. The molecule has 2 aliphatic heterocycles. The fraction of sp³-hybridized carbons (Fsp3) is 0.645. The summed E-state index contributed by atoms with van der Waals surface area (Å²) in [6, 6.07) is 3.00. The predicted molar refractivity (Wildman–Crippen MR) is 160 cm³/mol. The van der Waals surface area contributed by atoms with Gasteiger partial charge in [-0.15, -0.1) is 0 Å². The van der Waals surface area contributed by atoms with Crippen molar-refractivity contribution in [1.29, 1.82) is 0 Å². The van der Waals surface area contributed by atoms with Crippen LogP contribution in [0.1, 0.15) is 83.7 Å². The van der Waals surface area contributed by atoms with E-state index in [0.29, 0.717) is 48.4 Å². The molecule has 0 aliphatic carbocycles. The molecule has 0 aromatic heterocycles. The number of anilines is 1. The smallest absolute Gasteiger partial charge is 0.412 e. The molecule has 238 valence electrons. The maximum Gasteiger partial charge on any atom is 0.412 e. The van der Waals surface area contributed by atoms with Crippen molar-refractivity contribution in [3.05, 3.63) is 23.3 Å². The minimum absolute atomic E-state index is 0.116. The van der Waals surface area contributed by atoms with Crippen LogP contribution in [-0.4, -0.2) is 90.2 Å². The van der Waals surface area contributed by atoms with Crippen LogP contribution in [0.15, 0.2) is 12.1 Å². The van der Waals surface area contributed by atoms with Gasteiger partial charge in [-0.05, 0) is 65.2 Å². The summed E-state index contributed by atoms with van der Waals surface area (Å²) in [5.74, 6) is -0.912. The van der Waals surface area contributed by atoms with Crippen molar-refractivity contribution in [3.8, 4) is 5.75 Å². The molecule has 43 heavy (non-hydrogen) atoms. The topological polar surface area (TPSA) is 135 Å². The summed E-state index contributed by atoms with van der Waals surface area (Å²) in [6.45, 7) is 14.9. The van der Waals surface area contributed by atoms with Gasteiger partial charge in [0.05, 0.1) is 17.6 Å². The van der Waals surface area contributed by atoms with Crippen LogP contribution in [0.5, 0.6) is 5.75 Å². The van der Waals surface area contributed by atoms with Crippen molar-refractivity contribution < 1.29 is 38.2 Å². The van der Waals surface area contributed by atoms with Gasteiger partial charge >= 0.3 is 12.1 Å². The van der Waals surface area contributed by atoms with Gasteiger partial charge in [-0.1, -0.05) is 20.8 Å². The lowest BCUT2D eigenvalue weighted by Crippen LogP contribution is -2.55. The molecule has 12 nitrogen and oxygen atoms in total. The fourth-order valence-corrected chi connectivity index (χ4v) is 5.30. The Bertz CT molecular complexity index is 1230. The highest BCUT2D eigenvalue weighted by Gasteiger charge is 2.42. The van der Waals surface area contributed by atoms with Crippen molar-refractivity contribution in [2.24, 2.45) is 5.92 Å². The summed E-state index contributed by atoms with van der Waals surface area (Å²) in [6.07, 6.45) is 1.09. The Hall–Kier alpha value is -3.83. The highest BCUT2D eigenvalue weighted by molar-refractivity contribution is 6.05. The Morgan fingerprint density at radius 1 is 1.14 bits per heavy atom. The van der Waals surface area contributed by atoms with Crippen LogP contribution in [0.4, 0.5) is 10.5 Å². The Morgan fingerprint density at radius 3 is 2.47 bits per heavy atom. The lowest BCUT2D eigenvalue weighted by Gasteiger charge is -2.42. The first-order valence-corrected chi connectivity index (χ1v) is 15.0. The molecule has 0 bridgehead atoms. The molecular weight excluding hydrogens is 556 g/mol. The fourth-order valence-electron chi connectivity index (χ4n) is 5.30. The van der Waals surface area contributed by atoms with Crippen molar-refractivity contribution in [3.63, 3.8) is 0 Å². The van der Waals surface area contributed by atoms with Crippen molar-refractivity contribution in [2.45, 2.75) is 92.3 Å². The van der Waals surface area contributed by atoms with E-state index in [1.165, 1.54) is 4.90 Å². The third-order valence-electron chi connectivity index (χ3n) is 7.63. The Labute approximate surface area is 254 Å². The van der Waals surface area contributed by atoms with Crippen LogP contribution in [0.25, 0.3) is 0 Å². The quantitative estimate of drug-likeness (QED) is 0.317. The van der Waals surface area contributed by atoms with E-state index in [-0.39, 0.29) is 55.4 Å². The number of amides is 4. The number of nitrogens with zero attached hydrogens (tertiary/aromatic N) is 3. The van der Waals surface area contributed by atoms with Gasteiger partial charge in [0.15, 0.2) is 5.60 Å². The molecule has 1 N–H and O–H groups in total. The maximum atomic E-state index is 14.2. The number of esters is 1. The lowest BCUT2D eigenvalue weighted by atomic mass is 9.97. The molecule has 12 heteroatoms. The third kappa shape index (κ3) is 7.97. The number of hydrogen-bond donors (Lipinski definition) is 1. The van der Waals surface area contributed by atoms with Gasteiger partial charge in [0.1, 0.15) is 5.75 Å². The first-order valence-electron chi connectivity index (χ1n) is 15.0. The van der Waals surface area contributed by atoms with Crippen molar-refractivity contribution >= 4 is 35.5 Å². The average molecular weight is 603 g/mol. The zero-order chi connectivity index (χ0) is 32.1. The second kappa shape index (κ2) is 14.1. The second-order valence-corrected chi connectivity index (χ2v) is 12.1. The molecule has 1 aromatic rings. The van der Waals surface area contributed by atoms with Crippen molar-refractivity contribution in [1.82, 2.24) is 15.1 Å². The Balaban J connectivity index is 1.83. The van der Waals surface area contributed by atoms with Crippen LogP contribution in [-0.2, 0) is 23.9 Å². The number of ether oxygens (including phenoxy) is 3. The summed E-state index contributed by atoms with van der Waals surface area (Å²) < 4.78 is 16.2. The number of hydrogen-bond acceptors (Lipinski definition) is 8. The molecule has 4 amide bonds. The zero-order valence-corrected chi connectivity index (χ0v) is 26.7. The zero-order valence-electron chi connectivity index (χ0n) is 26.7. The van der Waals surface area contributed by atoms with Gasteiger partial charge in [0, 0.05) is 44.2 Å². The molecule has 1 fully saturated rings. The number of nitrogens with one attached hydrogen (secondary N) is 1. The first-order chi connectivity index (χ1) is 20.2. The number of rotatable bonds is 10. The minimum Gasteiger partial charge on any atom is -0.476 e. The van der Waals surface area contributed by atoms with Gasteiger partial charge in [0.2, 0.25) is 12.7 Å². The van der Waals surface area contributed by atoms with Gasteiger partial charge in [-0.25, -0.2) is 4.79 Å². The van der Waals surface area contributed by atoms with E-state index in [2.05, 4.69) is 5.32 Å². The van der Waals surface area contributed by atoms with Crippen LogP contribution in [0.3, 0.4) is 0 Å². The van der Waals surface area contributed by atoms with Gasteiger partial charge in [-0.2, -0.15) is 0 Å². The molecule has 0 spiro atoms. The van der Waals surface area contributed by atoms with E-state index in [4.69, 9.17) is 14.2 Å². The van der Waals surface area contributed by atoms with Gasteiger partial charge in [0.25, 0.3) is 11.8 Å². The van der Waals surface area contributed by atoms with Crippen molar-refractivity contribution in [2.75, 3.05) is 37.9 Å². The highest BCUT2D eigenvalue weighted by atomic mass is 16.7. The predicted octanol–water partition coefficient (Wildman–Crippen LogP) is 3.63. The van der Waals surface area contributed by atoms with Crippen LogP contribution in [0, 0.1) is 12.8 Å². The van der Waals surface area contributed by atoms with E-state index in [1.807, 2.05) is 20.8 Å². The molecule has 0 saturated carbocycles. The highest BCUT2D eigenvalue weighted by Crippen LogP contribution is 2.40. The summed E-state index contributed by atoms with van der Waals surface area (Å²) in [5, 5.41) is 2.80. The van der Waals surface area contributed by atoms with Crippen LogP contribution < -0.4 is 15.0 Å². The maximum absolute atomic E-state index is 14.2. The average Bonchev–Trinajstić information content (AvgIpc) is 2.94. The number of carbonyl (C=O) groups excluding carboxylic acids is 5. The number of likely N-dealkylation sites (tertiary alicyclic amines) is 1. The van der Waals surface area contributed by atoms with E-state index in [1.54, 1.807) is 56.6 Å². The molecule has 2 heterocycles. The molecule has 1 atom stereocenters. The summed E-state index contributed by atoms with van der Waals surface area (Å²) in [5.41, 5.74) is 0.471. The molecule has 1 aromatic carbocycles. The van der Waals surface area contributed by atoms with E-state index in [0.717, 1.165) is 0 Å². The van der Waals surface area contributed by atoms with Crippen LogP contribution in [0.2, 0.25) is 0 Å². The minimum atomic E-state index is -1.11. The van der Waals surface area contributed by atoms with E-state index in [9.17, 15) is 24.0 Å². The van der Waals surface area contributed by atoms with Gasteiger partial charge < -0.3 is 34.2 Å². The lowest BCUT2D eigenvalue weighted by molar-refractivity contribution is -0.156. The second-order valence-electron chi connectivity index (χ2n) is 12.1. The molecule has 1 saturated heterocycles. The van der Waals surface area contributed by atoms with E-state index >= 15 is 0 Å². The number of aryl methyl sites for hydroxylation is 1. The standard InChI is InChI=1S/C31H46N4O8/c1-9-26(36)32-12-14-34-24-16-23(21(6)15-25(24)43-31(7,8)29(34)39)27(37)35(20(4)5)22-11-10-13-33(17-22)30(40)42-18-41-28(38)19(2)3/h15-16,19-20,22H,9-14,17-18H2,1-8H3,(H,32,36)/t22-/m1/s1. The van der Waals surface area contributed by atoms with E-state index < -0.39 is 24.5 Å². The number of benzene rings is 1. The monoisotopic (exact) mass is 602 g/mol. The molecular formula is C31H46N4O8. The molecule has 2 aliphatic rings. The molecule has 0 radical (unpaired) electrons. The SMILES string of the molecule is CCC(=O)NCCN1C(=O)C(C)(C)Oc2cc(C)c(C(=O)N(C(C)C)[C@@H]3CCCN(C(=O)OCOC(=O)C(C)C)C3)cc21. The van der Waals surface area contributed by atoms with Gasteiger partial charge in [-0.3, -0.25) is 19.2 Å². The summed E-state index contributed by atoms with van der Waals surface area (Å²) in [7, 11) is 0. The first kappa shape index (κ1) is 33.7. The summed E-state index contributed by atoms with van der Waals surface area (Å²) >= 11 is 0. The summed E-state index contributed by atoms with van der Waals surface area (Å²) in [4.78, 5) is 68.6. The van der Waals surface area contributed by atoms with Crippen LogP contribution >= 0.6 is 0 Å². The largest absolute Gasteiger partial charge is 0.476 e. The molecule has 3 rings (SSSR count).